The molecule has 0 aliphatic rings. The van der Waals surface area contributed by atoms with Gasteiger partial charge < -0.3 is 4.74 Å². The van der Waals surface area contributed by atoms with E-state index in [2.05, 4.69) is 4.98 Å². The van der Waals surface area contributed by atoms with Crippen molar-refractivity contribution in [3.8, 4) is 11.5 Å². The van der Waals surface area contributed by atoms with Gasteiger partial charge in [0.1, 0.15) is 16.3 Å². The van der Waals surface area contributed by atoms with Gasteiger partial charge >= 0.3 is 0 Å². The van der Waals surface area contributed by atoms with Gasteiger partial charge in [0.2, 0.25) is 0 Å². The smallest absolute Gasteiger partial charge is 0.262 e. The fourth-order valence-electron chi connectivity index (χ4n) is 2.66. The fourth-order valence-corrected chi connectivity index (χ4v) is 4.33. The van der Waals surface area contributed by atoms with Crippen LogP contribution in [-0.2, 0) is 7.05 Å². The second kappa shape index (κ2) is 8.00. The quantitative estimate of drug-likeness (QED) is 0.261. The molecule has 0 radical (unpaired) electrons. The van der Waals surface area contributed by atoms with Crippen LogP contribution in [0.1, 0.15) is 10.4 Å². The molecule has 0 saturated heterocycles. The van der Waals surface area contributed by atoms with Crippen LogP contribution in [0.25, 0.3) is 10.2 Å². The maximum atomic E-state index is 12.5. The van der Waals surface area contributed by atoms with Crippen LogP contribution in [0.3, 0.4) is 0 Å². The first-order chi connectivity index (χ1) is 13.6. The maximum absolute atomic E-state index is 12.5. The van der Waals surface area contributed by atoms with Crippen LogP contribution in [0.4, 0.5) is 0 Å². The number of hydrogen-bond acceptors (Lipinski definition) is 6. The third-order valence-corrected chi connectivity index (χ3v) is 5.99. The number of Topliss-reactive ketones (excluding diaryl/α,β-unsaturated/α-hetero) is 1. The van der Waals surface area contributed by atoms with Gasteiger partial charge in [0.05, 0.1) is 11.1 Å². The van der Waals surface area contributed by atoms with Crippen molar-refractivity contribution in [3.63, 3.8) is 0 Å². The van der Waals surface area contributed by atoms with Crippen LogP contribution in [0, 0.1) is 0 Å². The molecule has 0 spiro atoms. The first-order valence-corrected chi connectivity index (χ1v) is 10.4. The summed E-state index contributed by atoms with van der Waals surface area (Å²) < 4.78 is 7.23. The van der Waals surface area contributed by atoms with E-state index >= 15 is 0 Å². The van der Waals surface area contributed by atoms with E-state index in [1.165, 1.54) is 27.7 Å². The molecule has 4 aromatic rings. The average Bonchev–Trinajstić information content (AvgIpc) is 3.19. The molecular weight excluding hydrogens is 392 g/mol. The van der Waals surface area contributed by atoms with Crippen LogP contribution >= 0.6 is 23.1 Å². The Labute approximate surface area is 169 Å². The van der Waals surface area contributed by atoms with Crippen molar-refractivity contribution in [1.82, 2.24) is 9.55 Å². The van der Waals surface area contributed by atoms with Gasteiger partial charge in [0.15, 0.2) is 10.9 Å². The number of ether oxygens (including phenoxy) is 1. The zero-order valence-corrected chi connectivity index (χ0v) is 16.6. The van der Waals surface area contributed by atoms with Crippen molar-refractivity contribution in [3.05, 3.63) is 82.0 Å². The van der Waals surface area contributed by atoms with Crippen molar-refractivity contribution < 1.29 is 9.53 Å². The molecule has 28 heavy (non-hydrogen) atoms. The van der Waals surface area contributed by atoms with Crippen molar-refractivity contribution in [1.29, 1.82) is 0 Å². The molecule has 2 aromatic carbocycles. The Kier molecular flexibility index (Phi) is 5.27. The number of nitrogens with zero attached hydrogens (tertiary/aromatic N) is 2. The number of benzene rings is 2. The van der Waals surface area contributed by atoms with Crippen molar-refractivity contribution >= 4 is 39.1 Å². The summed E-state index contributed by atoms with van der Waals surface area (Å²) in [6.07, 6.45) is 0. The highest BCUT2D eigenvalue weighted by molar-refractivity contribution is 7.99. The molecule has 0 bridgehead atoms. The minimum Gasteiger partial charge on any atom is -0.457 e. The summed E-state index contributed by atoms with van der Waals surface area (Å²) in [5.41, 5.74) is 0.499. The lowest BCUT2D eigenvalue weighted by atomic mass is 10.1. The molecule has 0 aliphatic carbocycles. The molecule has 4 rings (SSSR count). The molecule has 0 fully saturated rings. The van der Waals surface area contributed by atoms with E-state index in [1.54, 1.807) is 37.4 Å². The van der Waals surface area contributed by atoms with Gasteiger partial charge in [0.25, 0.3) is 5.56 Å². The molecular formula is C21H16N2O3S2. The highest BCUT2D eigenvalue weighted by atomic mass is 32.2. The van der Waals surface area contributed by atoms with Gasteiger partial charge in [0, 0.05) is 12.6 Å². The fraction of sp³-hybridized carbons (Fsp3) is 0.0952. The predicted octanol–water partition coefficient (Wildman–Crippen LogP) is 4.76. The van der Waals surface area contributed by atoms with Crippen molar-refractivity contribution in [2.75, 3.05) is 5.75 Å². The van der Waals surface area contributed by atoms with Gasteiger partial charge in [-0.05, 0) is 47.8 Å². The zero-order chi connectivity index (χ0) is 19.5. The second-order valence-electron chi connectivity index (χ2n) is 6.05. The molecule has 0 atom stereocenters. The SMILES string of the molecule is Cn1c(SCC(=O)c2ccc(Oc3ccccc3)cc2)nc2sccc2c1=O. The van der Waals surface area contributed by atoms with E-state index in [-0.39, 0.29) is 17.1 Å². The van der Waals surface area contributed by atoms with E-state index in [4.69, 9.17) is 4.74 Å². The van der Waals surface area contributed by atoms with Gasteiger partial charge in [-0.25, -0.2) is 4.98 Å². The number of rotatable bonds is 6. The number of hydrogen-bond donors (Lipinski definition) is 0. The number of carbonyl (C=O) groups is 1. The van der Waals surface area contributed by atoms with Crippen molar-refractivity contribution in [2.24, 2.45) is 7.05 Å². The minimum absolute atomic E-state index is 0.0308. The first kappa shape index (κ1) is 18.5. The Morgan fingerprint density at radius 1 is 1.07 bits per heavy atom. The first-order valence-electron chi connectivity index (χ1n) is 8.55. The van der Waals surface area contributed by atoms with E-state index in [9.17, 15) is 9.59 Å². The van der Waals surface area contributed by atoms with Gasteiger partial charge in [-0.15, -0.1) is 11.3 Å². The monoisotopic (exact) mass is 408 g/mol. The standard InChI is InChI=1S/C21H16N2O3S2/c1-23-20(25)17-11-12-27-19(17)22-21(23)28-13-18(24)14-7-9-16(10-8-14)26-15-5-3-2-4-6-15/h2-12H,13H2,1H3. The second-order valence-corrected chi connectivity index (χ2v) is 7.89. The lowest BCUT2D eigenvalue weighted by molar-refractivity contribution is 0.102. The molecule has 0 amide bonds. The number of carbonyl (C=O) groups excluding carboxylic acids is 1. The van der Waals surface area contributed by atoms with Crippen LogP contribution in [-0.4, -0.2) is 21.1 Å². The summed E-state index contributed by atoms with van der Waals surface area (Å²) in [6.45, 7) is 0. The van der Waals surface area contributed by atoms with Crippen LogP contribution in [0.5, 0.6) is 11.5 Å². The Bertz CT molecular complexity index is 1180. The molecule has 2 heterocycles. The van der Waals surface area contributed by atoms with Gasteiger partial charge in [-0.3, -0.25) is 14.2 Å². The average molecular weight is 409 g/mol. The highest BCUT2D eigenvalue weighted by Crippen LogP contribution is 2.23. The molecule has 0 N–H and O–H groups in total. The summed E-state index contributed by atoms with van der Waals surface area (Å²) in [6, 6.07) is 18.3. The molecule has 0 saturated carbocycles. The number of para-hydroxylation sites is 1. The molecule has 7 heteroatoms. The van der Waals surface area contributed by atoms with E-state index < -0.39 is 0 Å². The molecule has 5 nitrogen and oxygen atoms in total. The van der Waals surface area contributed by atoms with Crippen LogP contribution in [0.2, 0.25) is 0 Å². The largest absolute Gasteiger partial charge is 0.457 e. The maximum Gasteiger partial charge on any atom is 0.262 e. The highest BCUT2D eigenvalue weighted by Gasteiger charge is 2.13. The predicted molar refractivity (Wildman–Crippen MR) is 113 cm³/mol. The van der Waals surface area contributed by atoms with Gasteiger partial charge in [-0.2, -0.15) is 0 Å². The summed E-state index contributed by atoms with van der Waals surface area (Å²) in [5, 5.41) is 2.99. The zero-order valence-electron chi connectivity index (χ0n) is 15.0. The summed E-state index contributed by atoms with van der Waals surface area (Å²) in [5.74, 6) is 1.59. The summed E-state index contributed by atoms with van der Waals surface area (Å²) >= 11 is 2.69. The van der Waals surface area contributed by atoms with Gasteiger partial charge in [-0.1, -0.05) is 30.0 Å². The number of aromatic nitrogens is 2. The molecule has 0 aliphatic heterocycles. The Hall–Kier alpha value is -2.90. The Morgan fingerprint density at radius 2 is 1.79 bits per heavy atom. The normalized spacial score (nSPS) is 10.9. The van der Waals surface area contributed by atoms with E-state index in [0.29, 0.717) is 26.7 Å². The lowest BCUT2D eigenvalue weighted by Crippen LogP contribution is -2.19. The van der Waals surface area contributed by atoms with E-state index in [1.807, 2.05) is 35.7 Å². The Morgan fingerprint density at radius 3 is 2.54 bits per heavy atom. The lowest BCUT2D eigenvalue weighted by Gasteiger charge is -2.08. The molecule has 2 aromatic heterocycles. The minimum atomic E-state index is -0.0939. The third kappa shape index (κ3) is 3.85. The number of ketones is 1. The third-order valence-electron chi connectivity index (χ3n) is 4.15. The number of thioether (sulfide) groups is 1. The summed E-state index contributed by atoms with van der Waals surface area (Å²) in [4.78, 5) is 30.0. The molecule has 0 unspecified atom stereocenters. The molecule has 140 valence electrons. The number of fused-ring (bicyclic) bond motifs is 1. The Balaban J connectivity index is 1.44. The number of thiophene rings is 1. The van der Waals surface area contributed by atoms with E-state index in [0.717, 1.165) is 5.75 Å². The van der Waals surface area contributed by atoms with Crippen LogP contribution in [0.15, 0.2) is 76.0 Å². The van der Waals surface area contributed by atoms with Crippen LogP contribution < -0.4 is 10.3 Å². The topological polar surface area (TPSA) is 61.2 Å². The summed E-state index contributed by atoms with van der Waals surface area (Å²) in [7, 11) is 1.68. The van der Waals surface area contributed by atoms with Crippen molar-refractivity contribution in [2.45, 2.75) is 5.16 Å².